The van der Waals surface area contributed by atoms with Crippen molar-refractivity contribution in [1.29, 1.82) is 0 Å². The molecule has 0 aliphatic rings. The van der Waals surface area contributed by atoms with Crippen LogP contribution >= 0.6 is 0 Å². The van der Waals surface area contributed by atoms with Crippen molar-refractivity contribution in [2.24, 2.45) is 0 Å². The fraction of sp³-hybridized carbons (Fsp3) is 0.467. The van der Waals surface area contributed by atoms with Crippen molar-refractivity contribution in [3.05, 3.63) is 24.3 Å². The number of nitrogens with zero attached hydrogens (tertiary/aromatic N) is 1. The molecule has 2 amide bonds. The second-order valence-electron chi connectivity index (χ2n) is 4.75. The van der Waals surface area contributed by atoms with E-state index in [0.717, 1.165) is 5.75 Å². The average Bonchev–Trinajstić information content (AvgIpc) is 2.38. The van der Waals surface area contributed by atoms with Crippen molar-refractivity contribution in [1.82, 2.24) is 4.90 Å². The Bertz CT molecular complexity index is 455. The maximum absolute atomic E-state index is 11.9. The molecule has 0 saturated heterocycles. The zero-order valence-electron chi connectivity index (χ0n) is 12.5. The van der Waals surface area contributed by atoms with Crippen LogP contribution in [0.1, 0.15) is 27.7 Å². The third-order valence-electron chi connectivity index (χ3n) is 2.79. The van der Waals surface area contributed by atoms with Crippen LogP contribution in [-0.4, -0.2) is 35.9 Å². The Morgan fingerprint density at radius 3 is 2.30 bits per heavy atom. The van der Waals surface area contributed by atoms with Gasteiger partial charge in [-0.05, 0) is 45.0 Å². The van der Waals surface area contributed by atoms with Gasteiger partial charge in [-0.15, -0.1) is 0 Å². The van der Waals surface area contributed by atoms with Gasteiger partial charge >= 0.3 is 0 Å². The number of hydrogen-bond donors (Lipinski definition) is 1. The molecule has 0 radical (unpaired) electrons. The van der Waals surface area contributed by atoms with E-state index in [2.05, 4.69) is 5.32 Å². The summed E-state index contributed by atoms with van der Waals surface area (Å²) in [4.78, 5) is 24.8. The first kappa shape index (κ1) is 16.0. The molecule has 0 fully saturated rings. The number of benzene rings is 1. The average molecular weight is 278 g/mol. The van der Waals surface area contributed by atoms with Crippen molar-refractivity contribution in [2.75, 3.05) is 18.5 Å². The normalized spacial score (nSPS) is 10.2. The standard InChI is InChI=1S/C15H22N2O3/c1-5-20-14-8-6-13(7-9-14)16-15(19)10-17(11(2)3)12(4)18/h6-9,11H,5,10H2,1-4H3,(H,16,19). The molecule has 0 saturated carbocycles. The third-order valence-corrected chi connectivity index (χ3v) is 2.79. The number of anilines is 1. The number of nitrogens with one attached hydrogen (secondary N) is 1. The first-order valence-electron chi connectivity index (χ1n) is 6.74. The summed E-state index contributed by atoms with van der Waals surface area (Å²) in [5, 5.41) is 2.76. The van der Waals surface area contributed by atoms with E-state index in [1.807, 2.05) is 20.8 Å². The van der Waals surface area contributed by atoms with Gasteiger partial charge in [0.1, 0.15) is 12.3 Å². The Balaban J connectivity index is 2.59. The van der Waals surface area contributed by atoms with E-state index in [1.165, 1.54) is 11.8 Å². The number of rotatable bonds is 6. The molecule has 1 rings (SSSR count). The maximum atomic E-state index is 11.9. The molecule has 0 atom stereocenters. The number of hydrogen-bond acceptors (Lipinski definition) is 3. The van der Waals surface area contributed by atoms with E-state index >= 15 is 0 Å². The van der Waals surface area contributed by atoms with Crippen LogP contribution in [-0.2, 0) is 9.59 Å². The summed E-state index contributed by atoms with van der Waals surface area (Å²) >= 11 is 0. The van der Waals surface area contributed by atoms with Crippen LogP contribution in [0.15, 0.2) is 24.3 Å². The molecule has 110 valence electrons. The van der Waals surface area contributed by atoms with Gasteiger partial charge in [-0.3, -0.25) is 9.59 Å². The minimum atomic E-state index is -0.210. The highest BCUT2D eigenvalue weighted by Gasteiger charge is 2.16. The Kier molecular flexibility index (Phi) is 6.03. The van der Waals surface area contributed by atoms with E-state index in [1.54, 1.807) is 24.3 Å². The van der Waals surface area contributed by atoms with Crippen LogP contribution in [0, 0.1) is 0 Å². The highest BCUT2D eigenvalue weighted by Crippen LogP contribution is 2.15. The SMILES string of the molecule is CCOc1ccc(NC(=O)CN(C(C)=O)C(C)C)cc1. The molecule has 1 N–H and O–H groups in total. The zero-order valence-corrected chi connectivity index (χ0v) is 12.5. The van der Waals surface area contributed by atoms with Gasteiger partial charge in [-0.2, -0.15) is 0 Å². The topological polar surface area (TPSA) is 58.6 Å². The second-order valence-corrected chi connectivity index (χ2v) is 4.75. The summed E-state index contributed by atoms with van der Waals surface area (Å²) in [6.45, 7) is 7.80. The molecule has 5 nitrogen and oxygen atoms in total. The molecule has 5 heteroatoms. The van der Waals surface area contributed by atoms with Crippen molar-refractivity contribution >= 4 is 17.5 Å². The summed E-state index contributed by atoms with van der Waals surface area (Å²) in [5.41, 5.74) is 0.686. The number of ether oxygens (including phenoxy) is 1. The zero-order chi connectivity index (χ0) is 15.1. The number of carbonyl (C=O) groups excluding carboxylic acids is 2. The van der Waals surface area contributed by atoms with Gasteiger partial charge in [-0.25, -0.2) is 0 Å². The lowest BCUT2D eigenvalue weighted by molar-refractivity contribution is -0.134. The molecule has 0 unspecified atom stereocenters. The monoisotopic (exact) mass is 278 g/mol. The predicted molar refractivity (Wildman–Crippen MR) is 78.8 cm³/mol. The Morgan fingerprint density at radius 1 is 1.25 bits per heavy atom. The lowest BCUT2D eigenvalue weighted by Gasteiger charge is -2.24. The van der Waals surface area contributed by atoms with E-state index in [0.29, 0.717) is 12.3 Å². The lowest BCUT2D eigenvalue weighted by atomic mass is 10.3. The van der Waals surface area contributed by atoms with Gasteiger partial charge in [-0.1, -0.05) is 0 Å². The van der Waals surface area contributed by atoms with Crippen molar-refractivity contribution in [3.8, 4) is 5.75 Å². The van der Waals surface area contributed by atoms with Crippen molar-refractivity contribution in [3.63, 3.8) is 0 Å². The smallest absolute Gasteiger partial charge is 0.244 e. The second kappa shape index (κ2) is 7.53. The fourth-order valence-corrected chi connectivity index (χ4v) is 1.81. The van der Waals surface area contributed by atoms with Crippen LogP contribution < -0.4 is 10.1 Å². The van der Waals surface area contributed by atoms with Crippen LogP contribution in [0.5, 0.6) is 5.75 Å². The Hall–Kier alpha value is -2.04. The molecule has 0 aliphatic heterocycles. The molecule has 0 bridgehead atoms. The Morgan fingerprint density at radius 2 is 1.85 bits per heavy atom. The summed E-state index contributed by atoms with van der Waals surface area (Å²) < 4.78 is 5.33. The molecule has 1 aromatic carbocycles. The molecule has 0 aromatic heterocycles. The van der Waals surface area contributed by atoms with E-state index < -0.39 is 0 Å². The molecule has 20 heavy (non-hydrogen) atoms. The maximum Gasteiger partial charge on any atom is 0.244 e. The summed E-state index contributed by atoms with van der Waals surface area (Å²) in [5.74, 6) is 0.443. The van der Waals surface area contributed by atoms with Gasteiger partial charge in [0.2, 0.25) is 11.8 Å². The minimum Gasteiger partial charge on any atom is -0.494 e. The first-order chi connectivity index (χ1) is 9.43. The van der Waals surface area contributed by atoms with E-state index in [9.17, 15) is 9.59 Å². The minimum absolute atomic E-state index is 0.00131. The molecular formula is C15H22N2O3. The summed E-state index contributed by atoms with van der Waals surface area (Å²) in [7, 11) is 0. The number of amides is 2. The van der Waals surface area contributed by atoms with Crippen LogP contribution in [0.3, 0.4) is 0 Å². The van der Waals surface area contributed by atoms with Crippen molar-refractivity contribution in [2.45, 2.75) is 33.7 Å². The van der Waals surface area contributed by atoms with Crippen molar-refractivity contribution < 1.29 is 14.3 Å². The van der Waals surface area contributed by atoms with Gasteiger partial charge in [0, 0.05) is 18.7 Å². The largest absolute Gasteiger partial charge is 0.494 e. The Labute approximate surface area is 119 Å². The highest BCUT2D eigenvalue weighted by molar-refractivity contribution is 5.94. The summed E-state index contributed by atoms with van der Waals surface area (Å²) in [6, 6.07) is 7.14. The quantitative estimate of drug-likeness (QED) is 0.868. The summed E-state index contributed by atoms with van der Waals surface area (Å²) in [6.07, 6.45) is 0. The van der Waals surface area contributed by atoms with Gasteiger partial charge in [0.25, 0.3) is 0 Å². The number of carbonyl (C=O) groups is 2. The molecule has 1 aromatic rings. The van der Waals surface area contributed by atoms with Gasteiger partial charge in [0.05, 0.1) is 6.61 Å². The van der Waals surface area contributed by atoms with Crippen LogP contribution in [0.2, 0.25) is 0 Å². The lowest BCUT2D eigenvalue weighted by Crippen LogP contribution is -2.41. The van der Waals surface area contributed by atoms with Gasteiger partial charge in [0.15, 0.2) is 0 Å². The predicted octanol–water partition coefficient (Wildman–Crippen LogP) is 2.28. The van der Waals surface area contributed by atoms with E-state index in [-0.39, 0.29) is 24.4 Å². The van der Waals surface area contributed by atoms with E-state index in [4.69, 9.17) is 4.74 Å². The fourth-order valence-electron chi connectivity index (χ4n) is 1.81. The van der Waals surface area contributed by atoms with Crippen LogP contribution in [0.25, 0.3) is 0 Å². The third kappa shape index (κ3) is 4.91. The molecule has 0 spiro atoms. The first-order valence-corrected chi connectivity index (χ1v) is 6.74. The highest BCUT2D eigenvalue weighted by atomic mass is 16.5. The molecule has 0 heterocycles. The molecule has 0 aliphatic carbocycles. The van der Waals surface area contributed by atoms with Gasteiger partial charge < -0.3 is 15.0 Å². The van der Waals surface area contributed by atoms with Crippen LogP contribution in [0.4, 0.5) is 5.69 Å². The molecular weight excluding hydrogens is 256 g/mol.